The average molecular weight is 342 g/mol. The number of ether oxygens (including phenoxy) is 2. The predicted molar refractivity (Wildman–Crippen MR) is 83.2 cm³/mol. The van der Waals surface area contributed by atoms with Crippen LogP contribution in [0.15, 0.2) is 36.1 Å². The topological polar surface area (TPSA) is 35.5 Å². The van der Waals surface area contributed by atoms with Crippen molar-refractivity contribution in [2.24, 2.45) is 5.92 Å². The molecule has 132 valence electrons. The molecule has 1 aromatic carbocycles. The second-order valence-electron chi connectivity index (χ2n) is 6.13. The van der Waals surface area contributed by atoms with Gasteiger partial charge in [-0.1, -0.05) is 45.0 Å². The van der Waals surface area contributed by atoms with Crippen molar-refractivity contribution in [3.8, 4) is 0 Å². The van der Waals surface area contributed by atoms with Crippen molar-refractivity contribution in [1.82, 2.24) is 0 Å². The molecular formula is C18H21F3O3. The Labute approximate surface area is 139 Å². The van der Waals surface area contributed by atoms with E-state index < -0.39 is 23.7 Å². The summed E-state index contributed by atoms with van der Waals surface area (Å²) in [5, 5.41) is 0. The molecule has 0 radical (unpaired) electrons. The Morgan fingerprint density at radius 2 is 1.92 bits per heavy atom. The van der Waals surface area contributed by atoms with Crippen molar-refractivity contribution >= 4 is 5.97 Å². The zero-order chi connectivity index (χ0) is 18.1. The van der Waals surface area contributed by atoms with Gasteiger partial charge in [-0.15, -0.1) is 0 Å². The fraction of sp³-hybridized carbons (Fsp3) is 0.500. The Morgan fingerprint density at radius 1 is 1.33 bits per heavy atom. The van der Waals surface area contributed by atoms with Crippen LogP contribution >= 0.6 is 0 Å². The molecule has 0 N–H and O–H groups in total. The number of benzene rings is 1. The maximum atomic E-state index is 13.7. The number of halogens is 3. The molecule has 6 heteroatoms. The van der Waals surface area contributed by atoms with Crippen LogP contribution in [0.25, 0.3) is 0 Å². The van der Waals surface area contributed by atoms with Gasteiger partial charge in [-0.25, -0.2) is 4.79 Å². The van der Waals surface area contributed by atoms with E-state index in [1.807, 2.05) is 13.8 Å². The van der Waals surface area contributed by atoms with Crippen LogP contribution in [0.2, 0.25) is 0 Å². The molecule has 1 saturated heterocycles. The lowest BCUT2D eigenvalue weighted by atomic mass is 9.74. The maximum absolute atomic E-state index is 13.7. The van der Waals surface area contributed by atoms with E-state index in [0.717, 1.165) is 11.6 Å². The van der Waals surface area contributed by atoms with Crippen LogP contribution in [-0.2, 0) is 19.9 Å². The lowest BCUT2D eigenvalue weighted by Crippen LogP contribution is -2.58. The molecule has 1 unspecified atom stereocenters. The van der Waals surface area contributed by atoms with E-state index >= 15 is 0 Å². The van der Waals surface area contributed by atoms with Gasteiger partial charge in [-0.05, 0) is 18.4 Å². The summed E-state index contributed by atoms with van der Waals surface area (Å²) in [5.41, 5.74) is -1.45. The first-order valence-electron chi connectivity index (χ1n) is 7.88. The summed E-state index contributed by atoms with van der Waals surface area (Å²) in [6.07, 6.45) is -3.61. The van der Waals surface area contributed by atoms with Gasteiger partial charge < -0.3 is 9.47 Å². The molecule has 2 rings (SSSR count). The second kappa shape index (κ2) is 6.49. The highest BCUT2D eigenvalue weighted by Crippen LogP contribution is 2.58. The molecular weight excluding hydrogens is 321 g/mol. The van der Waals surface area contributed by atoms with Crippen LogP contribution in [-0.4, -0.2) is 18.8 Å². The third kappa shape index (κ3) is 3.01. The standard InChI is InChI=1S/C18H21F3O3/c1-5-23-16(22)10-15-12(4)17(24-15,18(19,20)21)14-8-6-13(7-9-14)11(2)3/h6-12H,5H2,1-4H3/b15-10+/t12-,17?/m0/s1. The third-order valence-electron chi connectivity index (χ3n) is 4.29. The number of hydrogen-bond acceptors (Lipinski definition) is 3. The first-order valence-corrected chi connectivity index (χ1v) is 7.88. The molecule has 0 bridgehead atoms. The Hall–Kier alpha value is -1.98. The molecule has 1 aliphatic rings. The van der Waals surface area contributed by atoms with Crippen LogP contribution in [0.4, 0.5) is 13.2 Å². The third-order valence-corrected chi connectivity index (χ3v) is 4.29. The van der Waals surface area contributed by atoms with Crippen molar-refractivity contribution in [3.63, 3.8) is 0 Å². The van der Waals surface area contributed by atoms with E-state index in [1.54, 1.807) is 19.1 Å². The van der Waals surface area contributed by atoms with Gasteiger partial charge in [0.1, 0.15) is 5.76 Å². The van der Waals surface area contributed by atoms with Crippen LogP contribution in [0, 0.1) is 5.92 Å². The molecule has 1 heterocycles. The van der Waals surface area contributed by atoms with Gasteiger partial charge in [-0.2, -0.15) is 13.2 Å². The molecule has 1 aliphatic heterocycles. The van der Waals surface area contributed by atoms with Gasteiger partial charge in [0.15, 0.2) is 0 Å². The van der Waals surface area contributed by atoms with Crippen molar-refractivity contribution in [2.45, 2.75) is 45.4 Å². The fourth-order valence-corrected chi connectivity index (χ4v) is 2.85. The van der Waals surface area contributed by atoms with Crippen LogP contribution in [0.3, 0.4) is 0 Å². The van der Waals surface area contributed by atoms with Crippen molar-refractivity contribution in [3.05, 3.63) is 47.2 Å². The Kier molecular flexibility index (Phi) is 4.97. The first kappa shape index (κ1) is 18.4. The van der Waals surface area contributed by atoms with Crippen LogP contribution in [0.1, 0.15) is 44.7 Å². The van der Waals surface area contributed by atoms with Gasteiger partial charge in [0.25, 0.3) is 0 Å². The van der Waals surface area contributed by atoms with Crippen molar-refractivity contribution in [1.29, 1.82) is 0 Å². The van der Waals surface area contributed by atoms with Gasteiger partial charge in [0.2, 0.25) is 5.60 Å². The van der Waals surface area contributed by atoms with Crippen molar-refractivity contribution in [2.75, 3.05) is 6.61 Å². The zero-order valence-electron chi connectivity index (χ0n) is 14.1. The molecule has 24 heavy (non-hydrogen) atoms. The Balaban J connectivity index is 2.36. The largest absolute Gasteiger partial charge is 0.476 e. The SMILES string of the molecule is CCOC(=O)/C=C1/OC(c2ccc(C(C)C)cc2)(C(F)(F)F)[C@H]1C. The highest BCUT2D eigenvalue weighted by molar-refractivity contribution is 5.82. The molecule has 0 aliphatic carbocycles. The smallest absolute Gasteiger partial charge is 0.433 e. The summed E-state index contributed by atoms with van der Waals surface area (Å²) in [6.45, 7) is 7.11. The summed E-state index contributed by atoms with van der Waals surface area (Å²) in [5.74, 6) is -1.50. The van der Waals surface area contributed by atoms with Crippen LogP contribution < -0.4 is 0 Å². The number of hydrogen-bond donors (Lipinski definition) is 0. The monoisotopic (exact) mass is 342 g/mol. The van der Waals surface area contributed by atoms with Gasteiger partial charge in [0.05, 0.1) is 18.6 Å². The molecule has 1 aromatic rings. The fourth-order valence-electron chi connectivity index (χ4n) is 2.85. The van der Waals surface area contributed by atoms with E-state index in [-0.39, 0.29) is 23.8 Å². The lowest BCUT2D eigenvalue weighted by molar-refractivity contribution is -0.332. The first-order chi connectivity index (χ1) is 11.1. The minimum absolute atomic E-state index is 0.0151. The van der Waals surface area contributed by atoms with Gasteiger partial charge in [0, 0.05) is 5.56 Å². The molecule has 1 fully saturated rings. The number of carbonyl (C=O) groups excluding carboxylic acids is 1. The average Bonchev–Trinajstić information content (AvgIpc) is 2.49. The van der Waals surface area contributed by atoms with Gasteiger partial charge in [-0.3, -0.25) is 0 Å². The molecule has 2 atom stereocenters. The van der Waals surface area contributed by atoms with E-state index in [4.69, 9.17) is 9.47 Å². The summed E-state index contributed by atoms with van der Waals surface area (Å²) in [4.78, 5) is 11.4. The molecule has 3 nitrogen and oxygen atoms in total. The predicted octanol–water partition coefficient (Wildman–Crippen LogP) is 4.68. The normalized spacial score (nSPS) is 25.3. The minimum atomic E-state index is -4.60. The molecule has 0 spiro atoms. The van der Waals surface area contributed by atoms with E-state index in [1.165, 1.54) is 19.1 Å². The second-order valence-corrected chi connectivity index (χ2v) is 6.13. The zero-order valence-corrected chi connectivity index (χ0v) is 14.1. The highest BCUT2D eigenvalue weighted by Gasteiger charge is 2.69. The Bertz CT molecular complexity index is 632. The number of alkyl halides is 3. The lowest BCUT2D eigenvalue weighted by Gasteiger charge is -2.50. The summed E-state index contributed by atoms with van der Waals surface area (Å²) in [6, 6.07) is 6.24. The summed E-state index contributed by atoms with van der Waals surface area (Å²) in [7, 11) is 0. The van der Waals surface area contributed by atoms with E-state index in [0.29, 0.717) is 0 Å². The van der Waals surface area contributed by atoms with E-state index in [9.17, 15) is 18.0 Å². The molecule has 0 amide bonds. The molecule has 0 saturated carbocycles. The highest BCUT2D eigenvalue weighted by atomic mass is 19.4. The molecule has 0 aromatic heterocycles. The quantitative estimate of drug-likeness (QED) is 0.589. The minimum Gasteiger partial charge on any atom is -0.476 e. The van der Waals surface area contributed by atoms with Crippen molar-refractivity contribution < 1.29 is 27.4 Å². The Morgan fingerprint density at radius 3 is 2.33 bits per heavy atom. The summed E-state index contributed by atoms with van der Waals surface area (Å²) >= 11 is 0. The van der Waals surface area contributed by atoms with Crippen LogP contribution in [0.5, 0.6) is 0 Å². The van der Waals surface area contributed by atoms with Gasteiger partial charge >= 0.3 is 12.1 Å². The maximum Gasteiger partial charge on any atom is 0.433 e. The number of carbonyl (C=O) groups is 1. The summed E-state index contributed by atoms with van der Waals surface area (Å²) < 4.78 is 51.1. The number of rotatable bonds is 4. The van der Waals surface area contributed by atoms with E-state index in [2.05, 4.69) is 0 Å². The number of esters is 1.